The molecule has 1 aromatic heterocycles. The van der Waals surface area contributed by atoms with Crippen molar-refractivity contribution in [3.63, 3.8) is 0 Å². The van der Waals surface area contributed by atoms with E-state index in [4.69, 9.17) is 40.9 Å². The Morgan fingerprint density at radius 2 is 1.65 bits per heavy atom. The van der Waals surface area contributed by atoms with Gasteiger partial charge in [0.25, 0.3) is 5.91 Å². The minimum Gasteiger partial charge on any atom is -0.490 e. The number of aliphatic carboxylic acids is 2. The molecule has 2 aliphatic rings. The molecule has 0 bridgehead atoms. The van der Waals surface area contributed by atoms with Gasteiger partial charge in [-0.05, 0) is 46.3 Å². The Bertz CT molecular complexity index is 1530. The van der Waals surface area contributed by atoms with E-state index >= 15 is 0 Å². The lowest BCUT2D eigenvalue weighted by Crippen LogP contribution is -2.49. The number of halogens is 7. The highest BCUT2D eigenvalue weighted by molar-refractivity contribution is 6.30. The predicted molar refractivity (Wildman–Crippen MR) is 152 cm³/mol. The number of tetrazole rings is 1. The van der Waals surface area contributed by atoms with E-state index in [1.165, 1.54) is 0 Å². The summed E-state index contributed by atoms with van der Waals surface area (Å²) in [5, 5.41) is 41.1. The number of aromatic nitrogens is 4. The van der Waals surface area contributed by atoms with Gasteiger partial charge in [-0.15, -0.1) is 0 Å². The number of aromatic amines is 1. The molecule has 0 unspecified atom stereocenters. The topological polar surface area (TPSA) is 200 Å². The van der Waals surface area contributed by atoms with Gasteiger partial charge in [0.15, 0.2) is 0 Å². The summed E-state index contributed by atoms with van der Waals surface area (Å²) in [4.78, 5) is 32.5. The number of fused-ring (bicyclic) bond motifs is 1. The minimum absolute atomic E-state index is 0.0657. The maximum absolute atomic E-state index is 12.5. The Labute approximate surface area is 271 Å². The van der Waals surface area contributed by atoms with Crippen LogP contribution in [0.15, 0.2) is 42.5 Å². The van der Waals surface area contributed by atoms with Gasteiger partial charge in [-0.3, -0.25) is 10.1 Å². The lowest BCUT2D eigenvalue weighted by molar-refractivity contribution is -0.193. The van der Waals surface area contributed by atoms with E-state index in [0.29, 0.717) is 17.9 Å². The van der Waals surface area contributed by atoms with E-state index in [1.54, 1.807) is 24.3 Å². The van der Waals surface area contributed by atoms with Gasteiger partial charge in [0.2, 0.25) is 5.95 Å². The van der Waals surface area contributed by atoms with E-state index in [-0.39, 0.29) is 18.2 Å². The number of H-pyrrole nitrogens is 1. The van der Waals surface area contributed by atoms with Crippen LogP contribution < -0.4 is 14.8 Å². The first-order chi connectivity index (χ1) is 22.4. The maximum Gasteiger partial charge on any atom is 0.490 e. The molecule has 48 heavy (non-hydrogen) atoms. The number of carbonyl (C=O) groups excluding carboxylic acids is 1. The second-order valence-corrected chi connectivity index (χ2v) is 10.7. The fraction of sp³-hybridized carbons (Fsp3) is 0.407. The van der Waals surface area contributed by atoms with Gasteiger partial charge in [0, 0.05) is 43.9 Å². The Morgan fingerprint density at radius 3 is 2.21 bits per heavy atom. The molecule has 2 aliphatic heterocycles. The molecule has 1 amide bonds. The summed E-state index contributed by atoms with van der Waals surface area (Å²) in [6.07, 6.45) is -8.24. The third-order valence-electron chi connectivity index (χ3n) is 6.72. The van der Waals surface area contributed by atoms with Crippen molar-refractivity contribution in [1.29, 1.82) is 0 Å². The van der Waals surface area contributed by atoms with Crippen molar-refractivity contribution in [2.24, 2.45) is 0 Å². The van der Waals surface area contributed by atoms with Crippen molar-refractivity contribution in [2.45, 2.75) is 43.3 Å². The van der Waals surface area contributed by atoms with Gasteiger partial charge < -0.3 is 29.7 Å². The molecule has 3 heterocycles. The van der Waals surface area contributed by atoms with Crippen molar-refractivity contribution in [3.8, 4) is 11.5 Å². The maximum atomic E-state index is 12.5. The molecular weight excluding hydrogens is 686 g/mol. The number of rotatable bonds is 7. The molecule has 1 saturated heterocycles. The molecule has 1 atom stereocenters. The number of anilines is 1. The van der Waals surface area contributed by atoms with Gasteiger partial charge in [-0.2, -0.15) is 26.3 Å². The van der Waals surface area contributed by atoms with Gasteiger partial charge in [-0.1, -0.05) is 28.8 Å². The number of piperidine rings is 1. The number of aliphatic hydroxyl groups excluding tert-OH is 1. The van der Waals surface area contributed by atoms with Crippen molar-refractivity contribution in [3.05, 3.63) is 58.6 Å². The third-order valence-corrected chi connectivity index (χ3v) is 6.96. The number of carboxylic acids is 2. The Balaban J connectivity index is 0.000000376. The third kappa shape index (κ3) is 11.2. The lowest BCUT2D eigenvalue weighted by Gasteiger charge is -2.39. The molecule has 0 saturated carbocycles. The molecule has 262 valence electrons. The number of carbonyl (C=O) groups is 3. The fourth-order valence-corrected chi connectivity index (χ4v) is 4.72. The van der Waals surface area contributed by atoms with Crippen LogP contribution in [0, 0.1) is 0 Å². The zero-order chi connectivity index (χ0) is 35.7. The number of alkyl halides is 6. The van der Waals surface area contributed by atoms with E-state index in [2.05, 4.69) is 30.8 Å². The number of hydrogen-bond acceptors (Lipinski definition) is 10. The first-order valence-electron chi connectivity index (χ1n) is 13.6. The normalized spacial score (nSPS) is 15.8. The number of para-hydroxylation sites is 1. The summed E-state index contributed by atoms with van der Waals surface area (Å²) in [5.74, 6) is -4.49. The Morgan fingerprint density at radius 1 is 1.04 bits per heavy atom. The molecule has 1 fully saturated rings. The largest absolute Gasteiger partial charge is 0.490 e. The SMILES string of the molecule is O=C(Nc1nnn[nH]1)c1ccccc1OC[C@@H](O)CN1CCC2(CC1)Cc1cc(Cl)ccc1O2.O=C(O)C(F)(F)F.O=C(O)C(F)(F)F. The zero-order valence-corrected chi connectivity index (χ0v) is 25.1. The molecule has 3 aromatic rings. The van der Waals surface area contributed by atoms with Crippen LogP contribution in [-0.4, -0.2) is 109 Å². The van der Waals surface area contributed by atoms with Crippen LogP contribution in [0.1, 0.15) is 28.8 Å². The van der Waals surface area contributed by atoms with E-state index in [0.717, 1.165) is 48.7 Å². The van der Waals surface area contributed by atoms with Crippen LogP contribution in [0.5, 0.6) is 11.5 Å². The molecule has 5 rings (SSSR count). The number of β-amino-alcohol motifs (C(OH)–C–C–N with tert-alkyl or cyclic N) is 1. The smallest absolute Gasteiger partial charge is 0.490 e. The van der Waals surface area contributed by atoms with Gasteiger partial charge in [0.05, 0.1) is 5.56 Å². The quantitative estimate of drug-likeness (QED) is 0.224. The van der Waals surface area contributed by atoms with Gasteiger partial charge >= 0.3 is 24.3 Å². The highest BCUT2D eigenvalue weighted by Gasteiger charge is 2.42. The molecule has 21 heteroatoms. The summed E-state index contributed by atoms with van der Waals surface area (Å²) in [7, 11) is 0. The average Bonchev–Trinajstić information content (AvgIpc) is 3.64. The van der Waals surface area contributed by atoms with Crippen molar-refractivity contribution >= 4 is 35.4 Å². The van der Waals surface area contributed by atoms with Gasteiger partial charge in [0.1, 0.15) is 29.8 Å². The standard InChI is InChI=1S/C23H25ClN6O4.2C2HF3O2/c24-16-5-6-19-15(11-16)12-23(34-19)7-9-30(10-8-23)13-17(31)14-33-20-4-2-1-3-18(20)21(32)25-22-26-28-29-27-22;2*3-2(4,5)1(6)7/h1-6,11,17,31H,7-10,12-14H2,(H2,25,26,27,28,29,32);2*(H,6,7)/t17-;;/m0../s1. The fourth-order valence-electron chi connectivity index (χ4n) is 4.53. The summed E-state index contributed by atoms with van der Waals surface area (Å²) >= 11 is 6.13. The lowest BCUT2D eigenvalue weighted by atomic mass is 9.87. The number of hydrogen-bond donors (Lipinski definition) is 5. The summed E-state index contributed by atoms with van der Waals surface area (Å²) < 4.78 is 75.6. The first kappa shape index (κ1) is 37.8. The predicted octanol–water partition coefficient (Wildman–Crippen LogP) is 3.58. The number of ether oxygens (including phenoxy) is 2. The van der Waals surface area contributed by atoms with Crippen LogP contribution in [0.4, 0.5) is 32.3 Å². The Kier molecular flexibility index (Phi) is 12.5. The minimum atomic E-state index is -5.08. The van der Waals surface area contributed by atoms with E-state index in [1.807, 2.05) is 18.2 Å². The zero-order valence-electron chi connectivity index (χ0n) is 24.4. The first-order valence-corrected chi connectivity index (χ1v) is 14.0. The van der Waals surface area contributed by atoms with Gasteiger partial charge in [-0.25, -0.2) is 14.7 Å². The highest BCUT2D eigenvalue weighted by atomic mass is 35.5. The number of aliphatic hydroxyl groups is 1. The van der Waals surface area contributed by atoms with Crippen LogP contribution >= 0.6 is 11.6 Å². The number of benzene rings is 2. The van der Waals surface area contributed by atoms with Crippen LogP contribution in [0.3, 0.4) is 0 Å². The summed E-state index contributed by atoms with van der Waals surface area (Å²) in [5.41, 5.74) is 1.30. The molecule has 14 nitrogen and oxygen atoms in total. The van der Waals surface area contributed by atoms with E-state index in [9.17, 15) is 36.2 Å². The molecule has 2 aromatic carbocycles. The van der Waals surface area contributed by atoms with Crippen LogP contribution in [0.25, 0.3) is 0 Å². The molecule has 0 aliphatic carbocycles. The number of likely N-dealkylation sites (tertiary alicyclic amines) is 1. The summed E-state index contributed by atoms with van der Waals surface area (Å²) in [6.45, 7) is 2.19. The van der Waals surface area contributed by atoms with Crippen LogP contribution in [0.2, 0.25) is 5.02 Å². The van der Waals surface area contributed by atoms with Crippen LogP contribution in [-0.2, 0) is 16.0 Å². The number of amides is 1. The van der Waals surface area contributed by atoms with Crippen molar-refractivity contribution in [2.75, 3.05) is 31.6 Å². The van der Waals surface area contributed by atoms with E-state index < -0.39 is 36.3 Å². The molecule has 1 spiro atoms. The molecular formula is C27H27ClF6N6O8. The second kappa shape index (κ2) is 15.9. The van der Waals surface area contributed by atoms with Crippen molar-refractivity contribution in [1.82, 2.24) is 25.5 Å². The molecule has 5 N–H and O–H groups in total. The monoisotopic (exact) mass is 712 g/mol. The summed E-state index contributed by atoms with van der Waals surface area (Å²) in [6, 6.07) is 12.6. The molecule has 0 radical (unpaired) electrons. The highest BCUT2D eigenvalue weighted by Crippen LogP contribution is 2.42. The number of carboxylic acid groups (broad SMARTS) is 2. The number of nitrogens with one attached hydrogen (secondary N) is 2. The second-order valence-electron chi connectivity index (χ2n) is 10.3. The number of nitrogens with zero attached hydrogens (tertiary/aromatic N) is 4. The van der Waals surface area contributed by atoms with Crippen molar-refractivity contribution < 1.29 is 65.5 Å². The average molecular weight is 713 g/mol. The Hall–Kier alpha value is -4.69.